The Balaban J connectivity index is 1.96. The summed E-state index contributed by atoms with van der Waals surface area (Å²) in [6.07, 6.45) is -4.62. The molecule has 1 N–H and O–H groups in total. The second-order valence-corrected chi connectivity index (χ2v) is 6.01. The number of ether oxygens (including phenoxy) is 1. The van der Waals surface area contributed by atoms with E-state index in [9.17, 15) is 22.8 Å². The van der Waals surface area contributed by atoms with Crippen molar-refractivity contribution in [2.75, 3.05) is 23.9 Å². The van der Waals surface area contributed by atoms with E-state index in [1.165, 1.54) is 17.9 Å². The van der Waals surface area contributed by atoms with Gasteiger partial charge in [-0.05, 0) is 42.5 Å². The summed E-state index contributed by atoms with van der Waals surface area (Å²) in [5, 5.41) is 1.87. The Morgan fingerprint density at radius 1 is 1.15 bits per heavy atom. The van der Waals surface area contributed by atoms with Gasteiger partial charge in [0.25, 0.3) is 5.91 Å². The second-order valence-electron chi connectivity index (χ2n) is 5.60. The fourth-order valence-corrected chi connectivity index (χ4v) is 2.34. The summed E-state index contributed by atoms with van der Waals surface area (Å²) in [6, 6.07) is 9.52. The molecule has 0 heterocycles. The van der Waals surface area contributed by atoms with Crippen molar-refractivity contribution in [3.05, 3.63) is 53.1 Å². The molecular formula is C18H16ClF3N2O3. The van der Waals surface area contributed by atoms with Gasteiger partial charge in [-0.25, -0.2) is 0 Å². The van der Waals surface area contributed by atoms with Crippen LogP contribution in [0.15, 0.2) is 42.5 Å². The zero-order chi connectivity index (χ0) is 20.2. The number of hydrogen-bond acceptors (Lipinski definition) is 3. The predicted octanol–water partition coefficient (Wildman–Crippen LogP) is 4.36. The van der Waals surface area contributed by atoms with Gasteiger partial charge in [0.1, 0.15) is 5.75 Å². The van der Waals surface area contributed by atoms with Gasteiger partial charge in [0.05, 0.1) is 10.6 Å². The van der Waals surface area contributed by atoms with Crippen molar-refractivity contribution in [1.82, 2.24) is 0 Å². The lowest BCUT2D eigenvalue weighted by Crippen LogP contribution is -2.22. The molecule has 2 rings (SSSR count). The number of amides is 2. The molecular weight excluding hydrogens is 385 g/mol. The first kappa shape index (κ1) is 20.6. The summed E-state index contributed by atoms with van der Waals surface area (Å²) in [7, 11) is 1.62. The average molecular weight is 401 g/mol. The first-order valence-corrected chi connectivity index (χ1v) is 8.09. The summed E-state index contributed by atoms with van der Waals surface area (Å²) in [5.41, 5.74) is -0.424. The number of rotatable bonds is 5. The third-order valence-electron chi connectivity index (χ3n) is 3.62. The third-order valence-corrected chi connectivity index (χ3v) is 3.95. The van der Waals surface area contributed by atoms with E-state index in [0.717, 1.165) is 12.1 Å². The number of alkyl halides is 3. The summed E-state index contributed by atoms with van der Waals surface area (Å²) in [4.78, 5) is 24.6. The minimum Gasteiger partial charge on any atom is -0.484 e. The van der Waals surface area contributed by atoms with E-state index in [4.69, 9.17) is 16.3 Å². The highest BCUT2D eigenvalue weighted by atomic mass is 35.5. The quantitative estimate of drug-likeness (QED) is 0.811. The van der Waals surface area contributed by atoms with E-state index < -0.39 is 29.3 Å². The molecule has 0 radical (unpaired) electrons. The maximum absolute atomic E-state index is 12.8. The SMILES string of the molecule is CC(=O)N(C)c1ccc(OCC(=O)Nc2ccc(Cl)c(C(F)(F)F)c2)cc1. The Morgan fingerprint density at radius 2 is 1.78 bits per heavy atom. The molecule has 0 saturated carbocycles. The molecule has 0 aliphatic heterocycles. The van der Waals surface area contributed by atoms with Gasteiger partial charge >= 0.3 is 6.18 Å². The topological polar surface area (TPSA) is 58.6 Å². The van der Waals surface area contributed by atoms with Crippen molar-refractivity contribution in [1.29, 1.82) is 0 Å². The van der Waals surface area contributed by atoms with Crippen LogP contribution >= 0.6 is 11.6 Å². The van der Waals surface area contributed by atoms with Gasteiger partial charge in [-0.3, -0.25) is 9.59 Å². The van der Waals surface area contributed by atoms with Gasteiger partial charge in [-0.2, -0.15) is 13.2 Å². The molecule has 0 aromatic heterocycles. The van der Waals surface area contributed by atoms with Crippen LogP contribution in [0.4, 0.5) is 24.5 Å². The smallest absolute Gasteiger partial charge is 0.417 e. The number of nitrogens with one attached hydrogen (secondary N) is 1. The van der Waals surface area contributed by atoms with Crippen molar-refractivity contribution in [2.24, 2.45) is 0 Å². The molecule has 2 aromatic carbocycles. The number of halogens is 4. The number of carbonyl (C=O) groups is 2. The fraction of sp³-hybridized carbons (Fsp3) is 0.222. The minimum atomic E-state index is -4.62. The first-order chi connectivity index (χ1) is 12.6. The predicted molar refractivity (Wildman–Crippen MR) is 96.1 cm³/mol. The van der Waals surface area contributed by atoms with E-state index in [1.54, 1.807) is 31.3 Å². The van der Waals surface area contributed by atoms with Gasteiger partial charge in [-0.15, -0.1) is 0 Å². The molecule has 144 valence electrons. The molecule has 0 fully saturated rings. The zero-order valence-corrected chi connectivity index (χ0v) is 15.2. The molecule has 0 aliphatic carbocycles. The summed E-state index contributed by atoms with van der Waals surface area (Å²) in [5.74, 6) is -0.391. The molecule has 2 amide bonds. The van der Waals surface area contributed by atoms with Crippen LogP contribution in [-0.4, -0.2) is 25.5 Å². The van der Waals surface area contributed by atoms with Gasteiger partial charge in [0.15, 0.2) is 6.61 Å². The second kappa shape index (κ2) is 8.30. The normalized spacial score (nSPS) is 11.0. The molecule has 27 heavy (non-hydrogen) atoms. The summed E-state index contributed by atoms with van der Waals surface area (Å²) in [6.45, 7) is 1.03. The Morgan fingerprint density at radius 3 is 2.33 bits per heavy atom. The summed E-state index contributed by atoms with van der Waals surface area (Å²) < 4.78 is 43.8. The minimum absolute atomic E-state index is 0.0428. The van der Waals surface area contributed by atoms with Crippen molar-refractivity contribution in [3.8, 4) is 5.75 Å². The van der Waals surface area contributed by atoms with Crippen LogP contribution in [-0.2, 0) is 15.8 Å². The number of anilines is 2. The van der Waals surface area contributed by atoms with Crippen LogP contribution in [0.3, 0.4) is 0 Å². The van der Waals surface area contributed by atoms with Gasteiger partial charge in [-0.1, -0.05) is 11.6 Å². The lowest BCUT2D eigenvalue weighted by Gasteiger charge is -2.15. The molecule has 0 saturated heterocycles. The Bertz CT molecular complexity index is 839. The van der Waals surface area contributed by atoms with Crippen molar-refractivity contribution in [2.45, 2.75) is 13.1 Å². The van der Waals surface area contributed by atoms with E-state index in [0.29, 0.717) is 11.4 Å². The lowest BCUT2D eigenvalue weighted by atomic mass is 10.2. The molecule has 0 bridgehead atoms. The maximum Gasteiger partial charge on any atom is 0.417 e. The standard InChI is InChI=1S/C18H16ClF3N2O3/c1-11(25)24(2)13-4-6-14(7-5-13)27-10-17(26)23-12-3-8-16(19)15(9-12)18(20,21)22/h3-9H,10H2,1-2H3,(H,23,26). The van der Waals surface area contributed by atoms with E-state index in [2.05, 4.69) is 5.32 Å². The van der Waals surface area contributed by atoms with Crippen molar-refractivity contribution < 1.29 is 27.5 Å². The highest BCUT2D eigenvalue weighted by molar-refractivity contribution is 6.31. The van der Waals surface area contributed by atoms with Crippen LogP contribution in [0.5, 0.6) is 5.75 Å². The highest BCUT2D eigenvalue weighted by Crippen LogP contribution is 2.36. The van der Waals surface area contributed by atoms with E-state index >= 15 is 0 Å². The number of carbonyl (C=O) groups excluding carboxylic acids is 2. The summed E-state index contributed by atoms with van der Waals surface area (Å²) >= 11 is 5.53. The molecule has 0 unspecified atom stereocenters. The van der Waals surface area contributed by atoms with Gasteiger partial charge < -0.3 is 15.0 Å². The molecule has 0 atom stereocenters. The lowest BCUT2D eigenvalue weighted by molar-refractivity contribution is -0.137. The monoisotopic (exact) mass is 400 g/mol. The zero-order valence-electron chi connectivity index (χ0n) is 14.4. The molecule has 0 spiro atoms. The Kier molecular flexibility index (Phi) is 6.32. The number of nitrogens with zero attached hydrogens (tertiary/aromatic N) is 1. The maximum atomic E-state index is 12.8. The van der Waals surface area contributed by atoms with Crippen LogP contribution in [0.1, 0.15) is 12.5 Å². The van der Waals surface area contributed by atoms with Gasteiger partial charge in [0.2, 0.25) is 5.91 Å². The van der Waals surface area contributed by atoms with Crippen molar-refractivity contribution >= 4 is 34.8 Å². The van der Waals surface area contributed by atoms with Crippen LogP contribution in [0, 0.1) is 0 Å². The molecule has 2 aromatic rings. The molecule has 9 heteroatoms. The van der Waals surface area contributed by atoms with Gasteiger partial charge in [0, 0.05) is 25.3 Å². The molecule has 5 nitrogen and oxygen atoms in total. The van der Waals surface area contributed by atoms with Crippen molar-refractivity contribution in [3.63, 3.8) is 0 Å². The molecule has 0 aliphatic rings. The first-order valence-electron chi connectivity index (χ1n) is 7.71. The van der Waals surface area contributed by atoms with E-state index in [-0.39, 0.29) is 11.6 Å². The highest BCUT2D eigenvalue weighted by Gasteiger charge is 2.33. The average Bonchev–Trinajstić information content (AvgIpc) is 2.60. The third kappa shape index (κ3) is 5.62. The Hall–Kier alpha value is -2.74. The van der Waals surface area contributed by atoms with Crippen LogP contribution in [0.2, 0.25) is 5.02 Å². The fourth-order valence-electron chi connectivity index (χ4n) is 2.11. The number of benzene rings is 2. The number of hydrogen-bond donors (Lipinski definition) is 1. The Labute approximate surface area is 158 Å². The van der Waals surface area contributed by atoms with E-state index in [1.807, 2.05) is 0 Å². The largest absolute Gasteiger partial charge is 0.484 e. The van der Waals surface area contributed by atoms with Crippen LogP contribution in [0.25, 0.3) is 0 Å². The van der Waals surface area contributed by atoms with Crippen LogP contribution < -0.4 is 15.0 Å².